The maximum absolute atomic E-state index is 16.0. The molecule has 0 unspecified atom stereocenters. The third kappa shape index (κ3) is 6.93. The van der Waals surface area contributed by atoms with Crippen molar-refractivity contribution in [1.82, 2.24) is 24.6 Å². The second kappa shape index (κ2) is 12.7. The number of nitrogens with one attached hydrogen (secondary N) is 2. The number of alkyl halides is 1. The van der Waals surface area contributed by atoms with Gasteiger partial charge < -0.3 is 30.2 Å². The van der Waals surface area contributed by atoms with E-state index in [1.165, 1.54) is 17.8 Å². The molecular weight excluding hydrogens is 560 g/mol. The Labute approximate surface area is 237 Å². The van der Waals surface area contributed by atoms with E-state index in [-0.39, 0.29) is 24.8 Å². The third-order valence-electron chi connectivity index (χ3n) is 6.08. The minimum Gasteiger partial charge on any atom is -0.462 e. The molecule has 0 spiro atoms. The van der Waals surface area contributed by atoms with Crippen molar-refractivity contribution in [2.24, 2.45) is 0 Å². The van der Waals surface area contributed by atoms with E-state index >= 15 is 4.39 Å². The molecule has 226 valence electrons. The first-order valence-corrected chi connectivity index (χ1v) is 14.1. The molecule has 3 heterocycles. The van der Waals surface area contributed by atoms with Crippen LogP contribution in [0, 0.1) is 0 Å². The van der Waals surface area contributed by atoms with E-state index in [1.54, 1.807) is 51.2 Å². The molecule has 0 aliphatic carbocycles. The van der Waals surface area contributed by atoms with E-state index in [4.69, 9.17) is 24.3 Å². The van der Waals surface area contributed by atoms with Gasteiger partial charge in [0.1, 0.15) is 24.0 Å². The normalized spacial score (nSPS) is 24.4. The number of aliphatic hydroxyl groups is 1. The van der Waals surface area contributed by atoms with E-state index in [1.807, 2.05) is 0 Å². The second-order valence-electron chi connectivity index (χ2n) is 9.66. The Morgan fingerprint density at radius 3 is 2.61 bits per heavy atom. The van der Waals surface area contributed by atoms with Crippen molar-refractivity contribution >= 4 is 36.6 Å². The third-order valence-corrected chi connectivity index (χ3v) is 7.72. The first-order chi connectivity index (χ1) is 18.8. The monoisotopic (exact) mass is 597 g/mol. The van der Waals surface area contributed by atoms with Crippen LogP contribution in [0.25, 0.3) is 11.2 Å². The van der Waals surface area contributed by atoms with Crippen LogP contribution in [0.3, 0.4) is 0 Å². The van der Waals surface area contributed by atoms with Gasteiger partial charge in [0.15, 0.2) is 28.9 Å². The summed E-state index contributed by atoms with van der Waals surface area (Å²) in [5.74, 6) is -0.243. The number of hydrogen-bond acceptors (Lipinski definition) is 12. The standard InChI is InChI=1S/C24H33FN7O7P.CH4/c1-13(2)37-21(34)14(3)31-40(35,39-15-9-7-6-8-10-15)36-11-16-18(33)24(4,25)22(38-16)32-12-28-17-19(27-5)29-23(26)30-20(17)32;/h6-10,12-14,16,18,22,33H,11H2,1-5H3,(H,31,35)(H3,26,27,29,30);1H4/t14-,16+,18+,22+,24+,40-;/m0./s1. The lowest BCUT2D eigenvalue weighted by atomic mass is 9.98. The summed E-state index contributed by atoms with van der Waals surface area (Å²) >= 11 is 0. The van der Waals surface area contributed by atoms with Crippen LogP contribution in [-0.4, -0.2) is 74.3 Å². The van der Waals surface area contributed by atoms with Crippen molar-refractivity contribution < 1.29 is 37.4 Å². The van der Waals surface area contributed by atoms with Gasteiger partial charge in [-0.05, 0) is 39.8 Å². The molecule has 16 heteroatoms. The van der Waals surface area contributed by atoms with Gasteiger partial charge in [-0.15, -0.1) is 0 Å². The lowest BCUT2D eigenvalue weighted by Gasteiger charge is -2.25. The number of nitrogens with zero attached hydrogens (tertiary/aromatic N) is 4. The average Bonchev–Trinajstić information content (AvgIpc) is 3.40. The minimum atomic E-state index is -4.28. The SMILES string of the molecule is C.CNc1nc(N)nc2c1ncn2[C@@H]1O[C@H](CO[P@@](=O)(N[C@@H](C)C(=O)OC(C)C)Oc2ccccc2)[C@@H](O)[C@@]1(C)F. The predicted octanol–water partition coefficient (Wildman–Crippen LogP) is 3.21. The van der Waals surface area contributed by atoms with Crippen LogP contribution in [-0.2, 0) is 23.4 Å². The van der Waals surface area contributed by atoms with Crippen molar-refractivity contribution in [1.29, 1.82) is 0 Å². The van der Waals surface area contributed by atoms with Crippen LogP contribution in [0.1, 0.15) is 41.3 Å². The Hall–Kier alpha value is -3.36. The fourth-order valence-electron chi connectivity index (χ4n) is 4.14. The highest BCUT2D eigenvalue weighted by atomic mass is 31.2. The van der Waals surface area contributed by atoms with Crippen molar-refractivity contribution in [3.05, 3.63) is 36.7 Å². The second-order valence-corrected chi connectivity index (χ2v) is 11.4. The van der Waals surface area contributed by atoms with Crippen LogP contribution < -0.4 is 20.7 Å². The Bertz CT molecular complexity index is 1390. The highest BCUT2D eigenvalue weighted by molar-refractivity contribution is 7.52. The molecule has 2 aromatic heterocycles. The van der Waals surface area contributed by atoms with Gasteiger partial charge in [-0.2, -0.15) is 15.1 Å². The Balaban J connectivity index is 0.00000462. The van der Waals surface area contributed by atoms with Crippen LogP contribution >= 0.6 is 7.75 Å². The minimum absolute atomic E-state index is 0. The summed E-state index contributed by atoms with van der Waals surface area (Å²) in [4.78, 5) is 24.8. The highest BCUT2D eigenvalue weighted by Gasteiger charge is 2.56. The molecule has 0 saturated carbocycles. The largest absolute Gasteiger partial charge is 0.462 e. The maximum Gasteiger partial charge on any atom is 0.459 e. The first-order valence-electron chi connectivity index (χ1n) is 12.5. The van der Waals surface area contributed by atoms with Gasteiger partial charge in [0.25, 0.3) is 0 Å². The summed E-state index contributed by atoms with van der Waals surface area (Å²) in [5, 5.41) is 16.2. The number of esters is 1. The Kier molecular flexibility index (Phi) is 9.93. The zero-order valence-electron chi connectivity index (χ0n) is 22.6. The summed E-state index contributed by atoms with van der Waals surface area (Å²) < 4.78 is 53.2. The molecule has 1 aliphatic rings. The first kappa shape index (κ1) is 32.2. The molecular formula is C25H37FN7O7P. The number of anilines is 2. The predicted molar refractivity (Wildman–Crippen MR) is 150 cm³/mol. The molecule has 1 fully saturated rings. The number of nitrogen functional groups attached to an aromatic ring is 1. The van der Waals surface area contributed by atoms with Gasteiger partial charge in [-0.3, -0.25) is 13.9 Å². The summed E-state index contributed by atoms with van der Waals surface area (Å²) in [6.07, 6.45) is -3.52. The topological polar surface area (TPSA) is 185 Å². The number of rotatable bonds is 11. The lowest BCUT2D eigenvalue weighted by molar-refractivity contribution is -0.149. The van der Waals surface area contributed by atoms with E-state index in [0.717, 1.165) is 6.92 Å². The number of hydrogen-bond donors (Lipinski definition) is 4. The van der Waals surface area contributed by atoms with Gasteiger partial charge >= 0.3 is 13.7 Å². The molecule has 14 nitrogen and oxygen atoms in total. The van der Waals surface area contributed by atoms with Gasteiger partial charge in [-0.1, -0.05) is 25.6 Å². The number of aliphatic hydroxyl groups excluding tert-OH is 1. The molecule has 3 aromatic rings. The van der Waals surface area contributed by atoms with E-state index in [2.05, 4.69) is 25.4 Å². The summed E-state index contributed by atoms with van der Waals surface area (Å²) in [6, 6.07) is 7.05. The van der Waals surface area contributed by atoms with E-state index in [9.17, 15) is 14.5 Å². The van der Waals surface area contributed by atoms with Crippen LogP contribution in [0.5, 0.6) is 5.75 Å². The number of aromatic nitrogens is 4. The van der Waals surface area contributed by atoms with Crippen LogP contribution in [0.15, 0.2) is 36.7 Å². The molecule has 1 aromatic carbocycles. The fraction of sp³-hybridized carbons (Fsp3) is 0.520. The van der Waals surface area contributed by atoms with E-state index < -0.39 is 56.6 Å². The number of imidazole rings is 1. The maximum atomic E-state index is 16.0. The van der Waals surface area contributed by atoms with Crippen molar-refractivity contribution in [2.45, 2.75) is 71.4 Å². The number of carbonyl (C=O) groups is 1. The Morgan fingerprint density at radius 2 is 1.98 bits per heavy atom. The molecule has 0 bridgehead atoms. The summed E-state index contributed by atoms with van der Waals surface area (Å²) in [6.45, 7) is 5.37. The molecule has 6 atom stereocenters. The van der Waals surface area contributed by atoms with E-state index in [0.29, 0.717) is 11.3 Å². The molecule has 4 rings (SSSR count). The van der Waals surface area contributed by atoms with Gasteiger partial charge in [0.05, 0.1) is 19.0 Å². The number of ether oxygens (including phenoxy) is 2. The van der Waals surface area contributed by atoms with Crippen molar-refractivity contribution in [2.75, 3.05) is 24.7 Å². The fourth-order valence-corrected chi connectivity index (χ4v) is 5.64. The highest BCUT2D eigenvalue weighted by Crippen LogP contribution is 2.48. The molecule has 5 N–H and O–H groups in total. The summed E-state index contributed by atoms with van der Waals surface area (Å²) in [7, 11) is -2.66. The van der Waals surface area contributed by atoms with Gasteiger partial charge in [0, 0.05) is 7.05 Å². The summed E-state index contributed by atoms with van der Waals surface area (Å²) in [5.41, 5.74) is 3.94. The molecule has 1 saturated heterocycles. The molecule has 1 aliphatic heterocycles. The smallest absolute Gasteiger partial charge is 0.459 e. The van der Waals surface area contributed by atoms with Crippen LogP contribution in [0.2, 0.25) is 0 Å². The zero-order valence-corrected chi connectivity index (χ0v) is 23.5. The van der Waals surface area contributed by atoms with Crippen molar-refractivity contribution in [3.8, 4) is 5.75 Å². The van der Waals surface area contributed by atoms with Gasteiger partial charge in [-0.25, -0.2) is 13.9 Å². The number of nitrogens with two attached hydrogens (primary N) is 1. The number of fused-ring (bicyclic) bond motifs is 1. The average molecular weight is 598 g/mol. The van der Waals surface area contributed by atoms with Gasteiger partial charge in [0.2, 0.25) is 5.95 Å². The molecule has 0 amide bonds. The molecule has 41 heavy (non-hydrogen) atoms. The van der Waals surface area contributed by atoms with Crippen LogP contribution in [0.4, 0.5) is 16.2 Å². The number of para-hydroxylation sites is 1. The molecule has 0 radical (unpaired) electrons. The number of halogens is 1. The number of carbonyl (C=O) groups excluding carboxylic acids is 1. The Morgan fingerprint density at radius 1 is 1.29 bits per heavy atom. The number of benzene rings is 1. The van der Waals surface area contributed by atoms with Crippen molar-refractivity contribution in [3.63, 3.8) is 0 Å². The quantitative estimate of drug-likeness (QED) is 0.187. The zero-order chi connectivity index (χ0) is 29.2. The lowest BCUT2D eigenvalue weighted by Crippen LogP contribution is -2.41.